The van der Waals surface area contributed by atoms with Gasteiger partial charge in [-0.25, -0.2) is 0 Å². The first-order chi connectivity index (χ1) is 26.1. The predicted octanol–water partition coefficient (Wildman–Crippen LogP) is -10.9. The van der Waals surface area contributed by atoms with Gasteiger partial charge in [-0.05, 0) is 0 Å². The highest BCUT2D eigenvalue weighted by Gasteiger charge is 2.56. The van der Waals surface area contributed by atoms with Crippen LogP contribution in [0.1, 0.15) is 0 Å². The van der Waals surface area contributed by atoms with Gasteiger partial charge in [-0.1, -0.05) is 0 Å². The number of aliphatic hydroxyl groups is 15. The van der Waals surface area contributed by atoms with Gasteiger partial charge in [0.15, 0.2) is 31.5 Å². The molecule has 9 heterocycles. The molecule has 9 rings (SSSR count). The van der Waals surface area contributed by atoms with Crippen LogP contribution >= 0.6 is 0 Å². The van der Waals surface area contributed by atoms with Crippen LogP contribution in [0, 0.1) is 0 Å². The Morgan fingerprint density at radius 2 is 0.800 bits per heavy atom. The molecule has 0 aromatic heterocycles. The third kappa shape index (κ3) is 8.55. The number of aliphatic hydroxyl groups excluding tert-OH is 15. The average molecular weight is 811 g/mol. The van der Waals surface area contributed by atoms with E-state index in [0.29, 0.717) is 0 Å². The summed E-state index contributed by atoms with van der Waals surface area (Å²) in [4.78, 5) is 0. The lowest BCUT2D eigenvalue weighted by Crippen LogP contribution is -2.68. The monoisotopic (exact) mass is 810 g/mol. The maximum Gasteiger partial charge on any atom is 0.187 e. The van der Waals surface area contributed by atoms with Crippen LogP contribution in [0.5, 0.6) is 0 Å². The van der Waals surface area contributed by atoms with E-state index in [4.69, 9.17) is 47.4 Å². The van der Waals surface area contributed by atoms with E-state index in [9.17, 15) is 76.6 Å². The minimum absolute atomic E-state index is 0.735. The molecule has 25 atom stereocenters. The first-order valence-electron chi connectivity index (χ1n) is 17.6. The van der Waals surface area contributed by atoms with E-state index in [0.717, 1.165) is 0 Å². The van der Waals surface area contributed by atoms with Crippen molar-refractivity contribution in [3.8, 4) is 0 Å². The third-order valence-electron chi connectivity index (χ3n) is 10.5. The average Bonchev–Trinajstić information content (AvgIpc) is 3.17. The Kier molecular flexibility index (Phi) is 14.3. The van der Waals surface area contributed by atoms with Gasteiger partial charge in [-0.3, -0.25) is 0 Å². The molecule has 0 spiro atoms. The van der Waals surface area contributed by atoms with Crippen LogP contribution in [0.2, 0.25) is 0 Å². The fourth-order valence-electron chi connectivity index (χ4n) is 7.20. The zero-order valence-corrected chi connectivity index (χ0v) is 28.8. The van der Waals surface area contributed by atoms with Crippen molar-refractivity contribution in [2.45, 2.75) is 154 Å². The van der Waals surface area contributed by atoms with Crippen molar-refractivity contribution in [1.29, 1.82) is 0 Å². The zero-order valence-electron chi connectivity index (χ0n) is 28.8. The summed E-state index contributed by atoms with van der Waals surface area (Å²) in [5, 5.41) is 160. The predicted molar refractivity (Wildman–Crippen MR) is 163 cm³/mol. The minimum atomic E-state index is -2.08. The number of hydrogen-bond acceptors (Lipinski definition) is 25. The summed E-state index contributed by atoms with van der Waals surface area (Å²) in [6.45, 7) is -4.18. The molecule has 9 aliphatic rings. The fourth-order valence-corrected chi connectivity index (χ4v) is 7.20. The molecule has 0 aromatic carbocycles. The number of ether oxygens (including phenoxy) is 10. The van der Waals surface area contributed by atoms with Crippen molar-refractivity contribution in [2.24, 2.45) is 0 Å². The van der Waals surface area contributed by atoms with Crippen LogP contribution in [0.4, 0.5) is 0 Å². The standard InChI is InChI=1S/C30H50O25/c31-1-6-11(34)14(37)19(42)28(48-6)55-25-16(39)13(36)10-5-47-26-21(44)17(40)23(7(2-32)49-26)53-29-20(43)15(38)12(35)9(51-29)4-46-27-22(45)18(41)24(8(3-33)50-27)54-30(25)52-10/h6-45H,1-5H2/t6-,7-,8-,9-,10-,11-,12-,13-,14+,15+,16+,17-,18-,19-,20-,21-,22-,23-,24-,25-,26+,27+,28-,29-,30-/m1/s1. The van der Waals surface area contributed by atoms with Gasteiger partial charge in [-0.15, -0.1) is 0 Å². The van der Waals surface area contributed by atoms with Crippen LogP contribution in [0.25, 0.3) is 0 Å². The summed E-state index contributed by atoms with van der Waals surface area (Å²) in [6.07, 6.45) is -46.0. The lowest BCUT2D eigenvalue weighted by atomic mass is 9.95. The molecule has 25 nitrogen and oxygen atoms in total. The van der Waals surface area contributed by atoms with Gasteiger partial charge in [0, 0.05) is 0 Å². The molecule has 0 amide bonds. The summed E-state index contributed by atoms with van der Waals surface area (Å²) < 4.78 is 56.5. The van der Waals surface area contributed by atoms with Gasteiger partial charge in [0.1, 0.15) is 122 Å². The quantitative estimate of drug-likeness (QED) is 0.123. The first kappa shape index (κ1) is 43.6. The van der Waals surface area contributed by atoms with Gasteiger partial charge in [-0.2, -0.15) is 0 Å². The van der Waals surface area contributed by atoms with E-state index in [1.165, 1.54) is 0 Å². The maximum atomic E-state index is 11.3. The fraction of sp³-hybridized carbons (Fsp3) is 1.00. The molecule has 55 heavy (non-hydrogen) atoms. The Bertz CT molecular complexity index is 1220. The van der Waals surface area contributed by atoms with Crippen molar-refractivity contribution in [1.82, 2.24) is 0 Å². The lowest BCUT2D eigenvalue weighted by molar-refractivity contribution is -0.397. The number of hydrogen-bond donors (Lipinski definition) is 15. The van der Waals surface area contributed by atoms with Gasteiger partial charge in [0.25, 0.3) is 0 Å². The molecule has 0 aromatic rings. The smallest absolute Gasteiger partial charge is 0.187 e. The Balaban J connectivity index is 1.31. The summed E-state index contributed by atoms with van der Waals surface area (Å²) in [5.74, 6) is 0. The molecule has 15 N–H and O–H groups in total. The normalized spacial score (nSPS) is 55.6. The molecule has 9 fully saturated rings. The van der Waals surface area contributed by atoms with Gasteiger partial charge in [0.2, 0.25) is 0 Å². The van der Waals surface area contributed by atoms with Crippen molar-refractivity contribution in [2.75, 3.05) is 33.0 Å². The van der Waals surface area contributed by atoms with Crippen LogP contribution in [0.3, 0.4) is 0 Å². The van der Waals surface area contributed by atoms with Crippen LogP contribution in [-0.4, -0.2) is 263 Å². The summed E-state index contributed by atoms with van der Waals surface area (Å²) in [5.41, 5.74) is 0. The van der Waals surface area contributed by atoms with Gasteiger partial charge < -0.3 is 124 Å². The highest BCUT2D eigenvalue weighted by atomic mass is 16.8. The van der Waals surface area contributed by atoms with Crippen molar-refractivity contribution in [3.63, 3.8) is 0 Å². The topological polar surface area (TPSA) is 396 Å². The van der Waals surface area contributed by atoms with E-state index < -0.39 is 187 Å². The van der Waals surface area contributed by atoms with E-state index in [2.05, 4.69) is 0 Å². The molecule has 25 heteroatoms. The van der Waals surface area contributed by atoms with E-state index in [1.54, 1.807) is 0 Å². The lowest BCUT2D eigenvalue weighted by Gasteiger charge is -2.49. The largest absolute Gasteiger partial charge is 0.394 e. The summed E-state index contributed by atoms with van der Waals surface area (Å²) >= 11 is 0. The van der Waals surface area contributed by atoms with Gasteiger partial charge >= 0.3 is 0 Å². The Morgan fingerprint density at radius 1 is 0.364 bits per heavy atom. The van der Waals surface area contributed by atoms with Crippen LogP contribution < -0.4 is 0 Å². The SMILES string of the molecule is OC[C@H]1O[C@H](O[C@H]2[C@H]3O[C@H]4[C@H](O)[C@@H](O)[C@@H](OC[C@H]5O[C@H](O[C@H]6[C@H](O)[C@@H](O)[C@@H](OC[C@@H](O3)[C@@H](O)[C@@H]2O)O[C@@H]6CO)[C@H](O)[C@@H](O)[C@@H]5O)O[C@@H]4CO)[C@H](O)[C@@H](O)[C@@H]1O. The number of rotatable bonds is 5. The van der Waals surface area contributed by atoms with Gasteiger partial charge in [0.05, 0.1) is 33.0 Å². The molecule has 0 aliphatic carbocycles. The van der Waals surface area contributed by atoms with Crippen molar-refractivity contribution in [3.05, 3.63) is 0 Å². The summed E-state index contributed by atoms with van der Waals surface area (Å²) in [6, 6.07) is 0. The Morgan fingerprint density at radius 3 is 1.31 bits per heavy atom. The summed E-state index contributed by atoms with van der Waals surface area (Å²) in [7, 11) is 0. The molecular formula is C30H50O25. The molecule has 9 aliphatic heterocycles. The second kappa shape index (κ2) is 18.1. The minimum Gasteiger partial charge on any atom is -0.394 e. The Hall–Kier alpha value is -1.00. The van der Waals surface area contributed by atoms with E-state index in [-0.39, 0.29) is 0 Å². The third-order valence-corrected chi connectivity index (χ3v) is 10.5. The maximum absolute atomic E-state index is 11.3. The van der Waals surface area contributed by atoms with Crippen LogP contribution in [-0.2, 0) is 47.4 Å². The zero-order chi connectivity index (χ0) is 40.0. The molecule has 0 unspecified atom stereocenters. The highest BCUT2D eigenvalue weighted by molar-refractivity contribution is 4.98. The second-order valence-corrected chi connectivity index (χ2v) is 14.1. The van der Waals surface area contributed by atoms with E-state index >= 15 is 0 Å². The van der Waals surface area contributed by atoms with Crippen molar-refractivity contribution < 1.29 is 124 Å². The highest BCUT2D eigenvalue weighted by Crippen LogP contribution is 2.35. The molecule has 0 radical (unpaired) electrons. The second-order valence-electron chi connectivity index (χ2n) is 14.1. The Labute approximate surface area is 310 Å². The molecular weight excluding hydrogens is 760 g/mol. The van der Waals surface area contributed by atoms with E-state index in [1.807, 2.05) is 0 Å². The molecule has 9 saturated heterocycles. The van der Waals surface area contributed by atoms with Crippen molar-refractivity contribution >= 4 is 0 Å². The first-order valence-corrected chi connectivity index (χ1v) is 17.6. The van der Waals surface area contributed by atoms with Crippen LogP contribution in [0.15, 0.2) is 0 Å². The molecule has 320 valence electrons. The molecule has 8 bridgehead atoms. The molecule has 0 saturated carbocycles.